The van der Waals surface area contributed by atoms with Gasteiger partial charge in [0.25, 0.3) is 5.91 Å². The molecule has 1 aliphatic carbocycles. The van der Waals surface area contributed by atoms with Crippen molar-refractivity contribution < 1.29 is 9.59 Å². The minimum atomic E-state index is -0.0329. The topological polar surface area (TPSA) is 71.3 Å². The summed E-state index contributed by atoms with van der Waals surface area (Å²) in [4.78, 5) is 34.4. The van der Waals surface area contributed by atoms with Crippen molar-refractivity contribution in [3.8, 4) is 0 Å². The Morgan fingerprint density at radius 2 is 1.94 bits per heavy atom. The summed E-state index contributed by atoms with van der Waals surface area (Å²) < 4.78 is 1.41. The molecular formula is C25H27Cl2N5O2S. The van der Waals surface area contributed by atoms with Gasteiger partial charge in [0.1, 0.15) is 17.4 Å². The Balaban J connectivity index is 1.19. The van der Waals surface area contributed by atoms with Crippen molar-refractivity contribution in [3.63, 3.8) is 0 Å². The van der Waals surface area contributed by atoms with E-state index in [0.29, 0.717) is 23.9 Å². The van der Waals surface area contributed by atoms with Crippen LogP contribution in [0.1, 0.15) is 64.3 Å². The summed E-state index contributed by atoms with van der Waals surface area (Å²) in [6.45, 7) is 1.35. The molecule has 7 nitrogen and oxygen atoms in total. The molecule has 2 aromatic heterocycles. The van der Waals surface area contributed by atoms with Crippen molar-refractivity contribution in [1.82, 2.24) is 24.6 Å². The molecule has 3 heterocycles. The molecule has 0 spiro atoms. The van der Waals surface area contributed by atoms with E-state index < -0.39 is 0 Å². The molecule has 0 saturated carbocycles. The highest BCUT2D eigenvalue weighted by molar-refractivity contribution is 7.09. The van der Waals surface area contributed by atoms with Crippen LogP contribution in [0.15, 0.2) is 35.7 Å². The zero-order valence-corrected chi connectivity index (χ0v) is 21.8. The van der Waals surface area contributed by atoms with E-state index in [4.69, 9.17) is 28.2 Å². The first-order valence-corrected chi connectivity index (χ1v) is 13.5. The number of carbonyl (C=O) groups is 2. The summed E-state index contributed by atoms with van der Waals surface area (Å²) in [5.41, 5.74) is 3.10. The minimum Gasteiger partial charge on any atom is -0.341 e. The van der Waals surface area contributed by atoms with E-state index in [1.807, 2.05) is 28.3 Å². The normalized spacial score (nSPS) is 18.4. The fourth-order valence-corrected chi connectivity index (χ4v) is 6.52. The zero-order chi connectivity index (χ0) is 24.5. The Kier molecular flexibility index (Phi) is 7.14. The molecule has 2 amide bonds. The SMILES string of the molecule is CN(C(=O)c1csc(C2CCN(C(=O)Cn3nc(Cl)cc3Cl)CC2)n1)[C@@H]1CCCc2ccccc21. The second-order valence-corrected chi connectivity index (χ2v) is 10.9. The number of carbonyl (C=O) groups excluding carboxylic acids is 2. The maximum absolute atomic E-state index is 13.3. The van der Waals surface area contributed by atoms with Crippen LogP contribution < -0.4 is 0 Å². The first-order chi connectivity index (χ1) is 16.9. The monoisotopic (exact) mass is 531 g/mol. The van der Waals surface area contributed by atoms with Gasteiger partial charge in [0, 0.05) is 37.5 Å². The highest BCUT2D eigenvalue weighted by atomic mass is 35.5. The van der Waals surface area contributed by atoms with Crippen LogP contribution in [-0.4, -0.2) is 56.5 Å². The van der Waals surface area contributed by atoms with Crippen LogP contribution in [0.5, 0.6) is 0 Å². The summed E-state index contributed by atoms with van der Waals surface area (Å²) in [5.74, 6) is 0.181. The number of rotatable bonds is 5. The second-order valence-electron chi connectivity index (χ2n) is 9.20. The molecule has 1 fully saturated rings. The standard InChI is InChI=1S/C25H27Cl2N5O2S/c1-30(20-8-4-6-16-5-2-3-7-18(16)20)25(34)19-15-35-24(28-19)17-9-11-31(12-10-17)23(33)14-32-22(27)13-21(26)29-32/h2-3,5,7,13,15,17,20H,4,6,8-12,14H2,1H3/t20-/m1/s1. The van der Waals surface area contributed by atoms with Gasteiger partial charge in [0.2, 0.25) is 5.91 Å². The van der Waals surface area contributed by atoms with E-state index in [-0.39, 0.29) is 35.5 Å². The Morgan fingerprint density at radius 1 is 1.17 bits per heavy atom. The lowest BCUT2D eigenvalue weighted by Gasteiger charge is -2.33. The summed E-state index contributed by atoms with van der Waals surface area (Å²) in [5, 5.41) is 7.52. The highest BCUT2D eigenvalue weighted by Crippen LogP contribution is 2.35. The van der Waals surface area contributed by atoms with E-state index >= 15 is 0 Å². The quantitative estimate of drug-likeness (QED) is 0.453. The zero-order valence-electron chi connectivity index (χ0n) is 19.5. The van der Waals surface area contributed by atoms with Crippen LogP contribution in [0.4, 0.5) is 0 Å². The molecule has 184 valence electrons. The van der Waals surface area contributed by atoms with E-state index in [1.54, 1.807) is 11.3 Å². The number of halogens is 2. The maximum Gasteiger partial charge on any atom is 0.273 e. The van der Waals surface area contributed by atoms with E-state index in [0.717, 1.165) is 37.1 Å². The molecule has 5 rings (SSSR count). The predicted molar refractivity (Wildman–Crippen MR) is 137 cm³/mol. The molecular weight excluding hydrogens is 505 g/mol. The van der Waals surface area contributed by atoms with Gasteiger partial charge in [0.05, 0.1) is 11.0 Å². The first kappa shape index (κ1) is 24.3. The van der Waals surface area contributed by atoms with Crippen molar-refractivity contribution >= 4 is 46.4 Å². The van der Waals surface area contributed by atoms with E-state index in [9.17, 15) is 9.59 Å². The number of benzene rings is 1. The van der Waals surface area contributed by atoms with Gasteiger partial charge in [-0.25, -0.2) is 9.67 Å². The number of hydrogen-bond donors (Lipinski definition) is 0. The van der Waals surface area contributed by atoms with E-state index in [1.165, 1.54) is 21.9 Å². The third-order valence-electron chi connectivity index (χ3n) is 7.05. The number of nitrogens with zero attached hydrogens (tertiary/aromatic N) is 5. The number of fused-ring (bicyclic) bond motifs is 1. The fourth-order valence-electron chi connectivity index (χ4n) is 5.11. The van der Waals surface area contributed by atoms with Crippen LogP contribution in [0.2, 0.25) is 10.3 Å². The summed E-state index contributed by atoms with van der Waals surface area (Å²) in [7, 11) is 1.89. The molecule has 0 bridgehead atoms. The summed E-state index contributed by atoms with van der Waals surface area (Å²) in [6.07, 6.45) is 4.75. The lowest BCUT2D eigenvalue weighted by atomic mass is 9.87. The number of amides is 2. The number of aryl methyl sites for hydroxylation is 1. The molecule has 0 radical (unpaired) electrons. The predicted octanol–water partition coefficient (Wildman–Crippen LogP) is 5.20. The van der Waals surface area contributed by atoms with Crippen molar-refractivity contribution in [2.45, 2.75) is 50.6 Å². The molecule has 0 unspecified atom stereocenters. The number of piperidine rings is 1. The van der Waals surface area contributed by atoms with Gasteiger partial charge in [-0.2, -0.15) is 5.10 Å². The highest BCUT2D eigenvalue weighted by Gasteiger charge is 2.30. The van der Waals surface area contributed by atoms with Crippen molar-refractivity contribution in [3.05, 3.63) is 67.8 Å². The van der Waals surface area contributed by atoms with Gasteiger partial charge in [-0.15, -0.1) is 11.3 Å². The Morgan fingerprint density at radius 3 is 2.69 bits per heavy atom. The molecule has 2 aliphatic rings. The van der Waals surface area contributed by atoms with Crippen LogP contribution in [-0.2, 0) is 17.8 Å². The van der Waals surface area contributed by atoms with Gasteiger partial charge >= 0.3 is 0 Å². The van der Waals surface area contributed by atoms with E-state index in [2.05, 4.69) is 23.3 Å². The summed E-state index contributed by atoms with van der Waals surface area (Å²) in [6, 6.07) is 10.0. The Hall–Kier alpha value is -2.42. The van der Waals surface area contributed by atoms with Crippen LogP contribution in [0.25, 0.3) is 0 Å². The lowest BCUT2D eigenvalue weighted by Crippen LogP contribution is -2.40. The fraction of sp³-hybridized carbons (Fsp3) is 0.440. The lowest BCUT2D eigenvalue weighted by molar-refractivity contribution is -0.133. The van der Waals surface area contributed by atoms with Crippen LogP contribution in [0.3, 0.4) is 0 Å². The average molecular weight is 532 g/mol. The molecule has 1 aromatic carbocycles. The number of aromatic nitrogens is 3. The molecule has 0 N–H and O–H groups in total. The average Bonchev–Trinajstić information content (AvgIpc) is 3.49. The maximum atomic E-state index is 13.3. The number of likely N-dealkylation sites (tertiary alicyclic amines) is 1. The van der Waals surface area contributed by atoms with Crippen molar-refractivity contribution in [1.29, 1.82) is 0 Å². The number of thiazole rings is 1. The molecule has 10 heteroatoms. The van der Waals surface area contributed by atoms with Gasteiger partial charge < -0.3 is 9.80 Å². The molecule has 35 heavy (non-hydrogen) atoms. The van der Waals surface area contributed by atoms with Crippen LogP contribution in [0, 0.1) is 0 Å². The third kappa shape index (κ3) is 5.10. The largest absolute Gasteiger partial charge is 0.341 e. The van der Waals surface area contributed by atoms with Crippen LogP contribution >= 0.6 is 34.5 Å². The molecule has 1 atom stereocenters. The molecule has 3 aromatic rings. The Labute approximate surface area is 218 Å². The second kappa shape index (κ2) is 10.3. The van der Waals surface area contributed by atoms with Crippen molar-refractivity contribution in [2.75, 3.05) is 20.1 Å². The van der Waals surface area contributed by atoms with Crippen molar-refractivity contribution in [2.24, 2.45) is 0 Å². The number of hydrogen-bond acceptors (Lipinski definition) is 5. The third-order valence-corrected chi connectivity index (χ3v) is 8.55. The molecule has 1 saturated heterocycles. The van der Waals surface area contributed by atoms with Gasteiger partial charge in [-0.3, -0.25) is 9.59 Å². The van der Waals surface area contributed by atoms with Gasteiger partial charge in [0.15, 0.2) is 5.15 Å². The first-order valence-electron chi connectivity index (χ1n) is 11.9. The smallest absolute Gasteiger partial charge is 0.273 e. The van der Waals surface area contributed by atoms with Gasteiger partial charge in [-0.1, -0.05) is 47.5 Å². The summed E-state index contributed by atoms with van der Waals surface area (Å²) >= 11 is 13.5. The Bertz CT molecular complexity index is 1230. The molecule has 1 aliphatic heterocycles. The minimum absolute atomic E-state index is 0.0309. The van der Waals surface area contributed by atoms with Gasteiger partial charge in [-0.05, 0) is 43.2 Å².